The van der Waals surface area contributed by atoms with Crippen LogP contribution in [0.25, 0.3) is 15.9 Å². The van der Waals surface area contributed by atoms with Gasteiger partial charge in [0.05, 0.1) is 22.5 Å². The lowest BCUT2D eigenvalue weighted by Crippen LogP contribution is -2.39. The van der Waals surface area contributed by atoms with Crippen LogP contribution in [-0.2, 0) is 19.4 Å². The minimum Gasteiger partial charge on any atom is -0.280 e. The van der Waals surface area contributed by atoms with Crippen LogP contribution >= 0.6 is 22.9 Å². The molecule has 0 spiro atoms. The average molecular weight is 482 g/mol. The summed E-state index contributed by atoms with van der Waals surface area (Å²) >= 11 is 7.55. The van der Waals surface area contributed by atoms with Crippen LogP contribution in [0.4, 0.5) is 5.69 Å². The summed E-state index contributed by atoms with van der Waals surface area (Å²) in [6.45, 7) is 0.209. The molecule has 4 aromatic rings. The van der Waals surface area contributed by atoms with Gasteiger partial charge in [0.1, 0.15) is 4.83 Å². The van der Waals surface area contributed by atoms with E-state index in [0.717, 1.165) is 43.2 Å². The standard InChI is InChI=1S/C24H20ClN3O4S/c25-16-8-12-17(13-9-16)27-22(29)21-19-4-2-1-3-5-20(19)33-23(21)26(24(27)30)14-15-6-10-18(11-7-15)28(31)32/h6-13H,1-5,14H2. The monoisotopic (exact) mass is 481 g/mol. The maximum absolute atomic E-state index is 13.7. The fraction of sp³-hybridized carbons (Fsp3) is 0.250. The van der Waals surface area contributed by atoms with Crippen LogP contribution in [0.1, 0.15) is 35.3 Å². The van der Waals surface area contributed by atoms with Gasteiger partial charge in [0.15, 0.2) is 0 Å². The smallest absolute Gasteiger partial charge is 0.280 e. The van der Waals surface area contributed by atoms with Gasteiger partial charge in [-0.2, -0.15) is 0 Å². The van der Waals surface area contributed by atoms with E-state index >= 15 is 0 Å². The molecule has 2 heterocycles. The average Bonchev–Trinajstić information content (AvgIpc) is 3.01. The first-order valence-corrected chi connectivity index (χ1v) is 11.9. The summed E-state index contributed by atoms with van der Waals surface area (Å²) in [5, 5.41) is 12.1. The van der Waals surface area contributed by atoms with E-state index in [-0.39, 0.29) is 17.8 Å². The number of hydrogen-bond acceptors (Lipinski definition) is 5. The van der Waals surface area contributed by atoms with Crippen LogP contribution in [0, 0.1) is 10.1 Å². The van der Waals surface area contributed by atoms with Crippen molar-refractivity contribution >= 4 is 38.8 Å². The number of nitro groups is 1. The molecule has 0 radical (unpaired) electrons. The molecule has 0 aliphatic heterocycles. The first kappa shape index (κ1) is 21.6. The van der Waals surface area contributed by atoms with Gasteiger partial charge >= 0.3 is 5.69 Å². The third-order valence-corrected chi connectivity index (χ3v) is 7.63. The Labute approximate surface area is 197 Å². The lowest BCUT2D eigenvalue weighted by Gasteiger charge is -2.13. The fourth-order valence-electron chi connectivity index (χ4n) is 4.41. The van der Waals surface area contributed by atoms with Crippen molar-refractivity contribution in [3.05, 3.63) is 101 Å². The molecule has 2 aromatic heterocycles. The molecule has 0 amide bonds. The summed E-state index contributed by atoms with van der Waals surface area (Å²) in [5.41, 5.74) is 1.50. The Morgan fingerprint density at radius 3 is 2.36 bits per heavy atom. The van der Waals surface area contributed by atoms with Gasteiger partial charge in [0, 0.05) is 22.0 Å². The summed E-state index contributed by atoms with van der Waals surface area (Å²) in [4.78, 5) is 39.7. The highest BCUT2D eigenvalue weighted by molar-refractivity contribution is 7.18. The van der Waals surface area contributed by atoms with Crippen molar-refractivity contribution in [1.82, 2.24) is 9.13 Å². The Balaban J connectivity index is 1.76. The van der Waals surface area contributed by atoms with Gasteiger partial charge in [-0.15, -0.1) is 11.3 Å². The van der Waals surface area contributed by atoms with Gasteiger partial charge in [-0.25, -0.2) is 9.36 Å². The van der Waals surface area contributed by atoms with Crippen molar-refractivity contribution in [2.75, 3.05) is 0 Å². The largest absolute Gasteiger partial charge is 0.337 e. The van der Waals surface area contributed by atoms with E-state index in [1.807, 2.05) is 0 Å². The van der Waals surface area contributed by atoms with E-state index < -0.39 is 10.6 Å². The first-order chi connectivity index (χ1) is 15.9. The molecule has 1 aliphatic rings. The molecule has 0 fully saturated rings. The zero-order valence-corrected chi connectivity index (χ0v) is 19.2. The van der Waals surface area contributed by atoms with Crippen LogP contribution in [-0.4, -0.2) is 14.1 Å². The molecule has 9 heteroatoms. The molecule has 0 atom stereocenters. The number of thiophene rings is 1. The molecule has 0 N–H and O–H groups in total. The van der Waals surface area contributed by atoms with Crippen LogP contribution in [0.2, 0.25) is 5.02 Å². The summed E-state index contributed by atoms with van der Waals surface area (Å²) in [6, 6.07) is 12.8. The second-order valence-corrected chi connectivity index (χ2v) is 9.67. The van der Waals surface area contributed by atoms with Gasteiger partial charge in [-0.3, -0.25) is 19.5 Å². The van der Waals surface area contributed by atoms with Gasteiger partial charge in [-0.1, -0.05) is 30.2 Å². The number of halogens is 1. The summed E-state index contributed by atoms with van der Waals surface area (Å²) in [6.07, 6.45) is 4.93. The molecule has 33 heavy (non-hydrogen) atoms. The topological polar surface area (TPSA) is 87.1 Å². The van der Waals surface area contributed by atoms with Crippen molar-refractivity contribution in [3.63, 3.8) is 0 Å². The predicted octanol–water partition coefficient (Wildman–Crippen LogP) is 5.09. The van der Waals surface area contributed by atoms with E-state index in [9.17, 15) is 19.7 Å². The Hall–Kier alpha value is -3.23. The van der Waals surface area contributed by atoms with E-state index in [0.29, 0.717) is 20.9 Å². The zero-order chi connectivity index (χ0) is 23.1. The van der Waals surface area contributed by atoms with Crippen molar-refractivity contribution in [2.24, 2.45) is 0 Å². The van der Waals surface area contributed by atoms with E-state index in [1.54, 1.807) is 41.0 Å². The second kappa shape index (κ2) is 8.61. The molecule has 0 bridgehead atoms. The number of nitrogens with zero attached hydrogens (tertiary/aromatic N) is 3. The van der Waals surface area contributed by atoms with Gasteiger partial charge < -0.3 is 0 Å². The molecule has 5 rings (SSSR count). The number of nitro benzene ring substituents is 1. The molecule has 1 aliphatic carbocycles. The van der Waals surface area contributed by atoms with Crippen molar-refractivity contribution in [1.29, 1.82) is 0 Å². The number of rotatable bonds is 4. The van der Waals surface area contributed by atoms with Gasteiger partial charge in [0.25, 0.3) is 11.2 Å². The maximum atomic E-state index is 13.7. The molecule has 168 valence electrons. The molecule has 0 saturated carbocycles. The molecule has 0 saturated heterocycles. The van der Waals surface area contributed by atoms with E-state index in [4.69, 9.17) is 11.6 Å². The maximum Gasteiger partial charge on any atom is 0.337 e. The highest BCUT2D eigenvalue weighted by atomic mass is 35.5. The highest BCUT2D eigenvalue weighted by Gasteiger charge is 2.23. The Morgan fingerprint density at radius 2 is 1.67 bits per heavy atom. The minimum atomic E-state index is -0.453. The Kier molecular flexibility index (Phi) is 5.64. The second-order valence-electron chi connectivity index (χ2n) is 8.15. The third-order valence-electron chi connectivity index (χ3n) is 6.06. The third kappa shape index (κ3) is 3.89. The van der Waals surface area contributed by atoms with Crippen molar-refractivity contribution < 1.29 is 4.92 Å². The molecule has 7 nitrogen and oxygen atoms in total. The van der Waals surface area contributed by atoms with Crippen molar-refractivity contribution in [2.45, 2.75) is 38.6 Å². The number of aryl methyl sites for hydroxylation is 2. The first-order valence-electron chi connectivity index (χ1n) is 10.7. The number of benzene rings is 2. The summed E-state index contributed by atoms with van der Waals surface area (Å²) in [7, 11) is 0. The van der Waals surface area contributed by atoms with E-state index in [1.165, 1.54) is 32.9 Å². The molecule has 0 unspecified atom stereocenters. The van der Waals surface area contributed by atoms with Crippen LogP contribution in [0.3, 0.4) is 0 Å². The van der Waals surface area contributed by atoms with Crippen LogP contribution < -0.4 is 11.2 Å². The number of hydrogen-bond donors (Lipinski definition) is 0. The number of fused-ring (bicyclic) bond motifs is 3. The lowest BCUT2D eigenvalue weighted by molar-refractivity contribution is -0.384. The molecular formula is C24H20ClN3O4S. The quantitative estimate of drug-likeness (QED) is 0.231. The van der Waals surface area contributed by atoms with Gasteiger partial charge in [-0.05, 0) is 61.1 Å². The summed E-state index contributed by atoms with van der Waals surface area (Å²) < 4.78 is 2.83. The summed E-state index contributed by atoms with van der Waals surface area (Å²) in [5.74, 6) is 0. The molecular weight excluding hydrogens is 462 g/mol. The SMILES string of the molecule is O=c1c2c3c(sc2n(Cc2ccc([N+](=O)[O-])cc2)c(=O)n1-c1ccc(Cl)cc1)CCCCC3. The normalized spacial score (nSPS) is 13.6. The van der Waals surface area contributed by atoms with Crippen LogP contribution in [0.15, 0.2) is 58.1 Å². The highest BCUT2D eigenvalue weighted by Crippen LogP contribution is 2.34. The number of aromatic nitrogens is 2. The predicted molar refractivity (Wildman–Crippen MR) is 130 cm³/mol. The Morgan fingerprint density at radius 1 is 0.970 bits per heavy atom. The van der Waals surface area contributed by atoms with E-state index in [2.05, 4.69) is 0 Å². The minimum absolute atomic E-state index is 0.00906. The lowest BCUT2D eigenvalue weighted by atomic mass is 10.1. The van der Waals surface area contributed by atoms with Crippen molar-refractivity contribution in [3.8, 4) is 5.69 Å². The Bertz CT molecular complexity index is 1480. The van der Waals surface area contributed by atoms with Crippen LogP contribution in [0.5, 0.6) is 0 Å². The fourth-order valence-corrected chi connectivity index (χ4v) is 5.91. The molecule has 2 aromatic carbocycles. The van der Waals surface area contributed by atoms with Gasteiger partial charge in [0.2, 0.25) is 0 Å². The zero-order valence-electron chi connectivity index (χ0n) is 17.6. The number of non-ortho nitro benzene ring substituents is 1.